The fourth-order valence-corrected chi connectivity index (χ4v) is 3.56. The Bertz CT molecular complexity index is 603. The highest BCUT2D eigenvalue weighted by Gasteiger charge is 2.17. The van der Waals surface area contributed by atoms with E-state index in [4.69, 9.17) is 4.74 Å². The molecule has 0 unspecified atom stereocenters. The molecule has 0 amide bonds. The lowest BCUT2D eigenvalue weighted by Gasteiger charge is -2.29. The van der Waals surface area contributed by atoms with E-state index in [1.54, 1.807) is 11.3 Å². The minimum absolute atomic E-state index is 0.366. The highest BCUT2D eigenvalue weighted by atomic mass is 32.1. The first-order valence-electron chi connectivity index (χ1n) is 8.25. The van der Waals surface area contributed by atoms with Gasteiger partial charge in [0.1, 0.15) is 11.9 Å². The van der Waals surface area contributed by atoms with Crippen LogP contribution in [0.2, 0.25) is 0 Å². The summed E-state index contributed by atoms with van der Waals surface area (Å²) in [5.74, 6) is 0.987. The third-order valence-electron chi connectivity index (χ3n) is 4.19. The maximum Gasteiger partial charge on any atom is 0.119 e. The van der Waals surface area contributed by atoms with Gasteiger partial charge in [0.05, 0.1) is 5.01 Å². The molecule has 0 spiro atoms. The highest BCUT2D eigenvalue weighted by molar-refractivity contribution is 7.11. The van der Waals surface area contributed by atoms with E-state index in [9.17, 15) is 0 Å². The summed E-state index contributed by atoms with van der Waals surface area (Å²) in [6, 6.07) is 8.47. The predicted molar refractivity (Wildman–Crippen MR) is 95.0 cm³/mol. The number of hydrogen-bond acceptors (Lipinski definition) is 5. The van der Waals surface area contributed by atoms with Crippen LogP contribution >= 0.6 is 11.3 Å². The molecule has 0 bridgehead atoms. The van der Waals surface area contributed by atoms with E-state index in [-0.39, 0.29) is 0 Å². The van der Waals surface area contributed by atoms with Crippen molar-refractivity contribution in [2.75, 3.05) is 20.1 Å². The Morgan fingerprint density at radius 3 is 2.61 bits per heavy atom. The van der Waals surface area contributed by atoms with Crippen LogP contribution in [0.15, 0.2) is 30.5 Å². The Morgan fingerprint density at radius 2 is 1.96 bits per heavy atom. The number of thiazole rings is 1. The first-order valence-corrected chi connectivity index (χ1v) is 9.07. The van der Waals surface area contributed by atoms with Crippen LogP contribution in [0.5, 0.6) is 5.75 Å². The SMILES string of the molecule is Cc1ncc(CNCc2ccc(OC3CCN(C)CC3)cc2)s1. The summed E-state index contributed by atoms with van der Waals surface area (Å²) in [6.07, 6.45) is 4.55. The number of hydrogen-bond donors (Lipinski definition) is 1. The van der Waals surface area contributed by atoms with Gasteiger partial charge in [0.15, 0.2) is 0 Å². The van der Waals surface area contributed by atoms with E-state index >= 15 is 0 Å². The minimum atomic E-state index is 0.366. The van der Waals surface area contributed by atoms with Crippen LogP contribution in [0.1, 0.15) is 28.3 Å². The molecule has 5 heteroatoms. The van der Waals surface area contributed by atoms with E-state index in [1.165, 1.54) is 10.4 Å². The maximum atomic E-state index is 6.08. The van der Waals surface area contributed by atoms with Gasteiger partial charge in [0, 0.05) is 37.3 Å². The molecule has 3 rings (SSSR count). The number of rotatable bonds is 6. The smallest absolute Gasteiger partial charge is 0.119 e. The Kier molecular flexibility index (Phi) is 5.65. The van der Waals surface area contributed by atoms with Gasteiger partial charge in [-0.3, -0.25) is 0 Å². The number of nitrogens with one attached hydrogen (secondary N) is 1. The maximum absolute atomic E-state index is 6.08. The summed E-state index contributed by atoms with van der Waals surface area (Å²) in [7, 11) is 2.17. The molecule has 4 nitrogen and oxygen atoms in total. The van der Waals surface area contributed by atoms with Gasteiger partial charge in [0.2, 0.25) is 0 Å². The molecule has 1 aromatic carbocycles. The summed E-state index contributed by atoms with van der Waals surface area (Å²) < 4.78 is 6.08. The average Bonchev–Trinajstić information content (AvgIpc) is 2.97. The summed E-state index contributed by atoms with van der Waals surface area (Å²) in [4.78, 5) is 7.92. The molecular weight excluding hydrogens is 306 g/mol. The lowest BCUT2D eigenvalue weighted by Crippen LogP contribution is -2.35. The van der Waals surface area contributed by atoms with Crippen LogP contribution in [0.4, 0.5) is 0 Å². The summed E-state index contributed by atoms with van der Waals surface area (Å²) in [5.41, 5.74) is 1.28. The molecule has 1 fully saturated rings. The summed E-state index contributed by atoms with van der Waals surface area (Å²) in [5, 5.41) is 4.58. The van der Waals surface area contributed by atoms with Gasteiger partial charge in [-0.15, -0.1) is 11.3 Å². The Morgan fingerprint density at radius 1 is 1.22 bits per heavy atom. The van der Waals surface area contributed by atoms with Crippen molar-refractivity contribution >= 4 is 11.3 Å². The molecule has 0 aliphatic carbocycles. The van der Waals surface area contributed by atoms with Gasteiger partial charge in [0.25, 0.3) is 0 Å². The zero-order valence-corrected chi connectivity index (χ0v) is 14.7. The van der Waals surface area contributed by atoms with Crippen molar-refractivity contribution in [3.8, 4) is 5.75 Å². The molecule has 0 saturated carbocycles. The lowest BCUT2D eigenvalue weighted by atomic mass is 10.1. The number of aryl methyl sites for hydroxylation is 1. The first kappa shape index (κ1) is 16.4. The monoisotopic (exact) mass is 331 g/mol. The second-order valence-electron chi connectivity index (χ2n) is 6.21. The molecule has 1 aliphatic heterocycles. The quantitative estimate of drug-likeness (QED) is 0.882. The van der Waals surface area contributed by atoms with Crippen molar-refractivity contribution in [2.45, 2.75) is 39.0 Å². The largest absolute Gasteiger partial charge is 0.490 e. The van der Waals surface area contributed by atoms with E-state index in [1.807, 2.05) is 13.1 Å². The van der Waals surface area contributed by atoms with Crippen LogP contribution in [-0.2, 0) is 13.1 Å². The van der Waals surface area contributed by atoms with Crippen molar-refractivity contribution in [3.05, 3.63) is 45.9 Å². The van der Waals surface area contributed by atoms with Crippen molar-refractivity contribution in [2.24, 2.45) is 0 Å². The Balaban J connectivity index is 1.43. The number of piperidine rings is 1. The second kappa shape index (κ2) is 7.90. The van der Waals surface area contributed by atoms with Gasteiger partial charge in [-0.05, 0) is 44.5 Å². The van der Waals surface area contributed by atoms with Crippen LogP contribution in [0, 0.1) is 6.92 Å². The number of likely N-dealkylation sites (tertiary alicyclic amines) is 1. The topological polar surface area (TPSA) is 37.4 Å². The second-order valence-corrected chi connectivity index (χ2v) is 7.53. The Labute approximate surface area is 142 Å². The fourth-order valence-electron chi connectivity index (χ4n) is 2.80. The molecule has 1 aromatic heterocycles. The van der Waals surface area contributed by atoms with E-state index in [0.29, 0.717) is 6.10 Å². The van der Waals surface area contributed by atoms with Crippen molar-refractivity contribution in [1.82, 2.24) is 15.2 Å². The van der Waals surface area contributed by atoms with Gasteiger partial charge in [-0.25, -0.2) is 4.98 Å². The zero-order chi connectivity index (χ0) is 16.1. The fraction of sp³-hybridized carbons (Fsp3) is 0.500. The van der Waals surface area contributed by atoms with E-state index < -0.39 is 0 Å². The average molecular weight is 331 g/mol. The molecule has 23 heavy (non-hydrogen) atoms. The Hall–Kier alpha value is -1.43. The predicted octanol–water partition coefficient (Wildman–Crippen LogP) is 3.21. The third-order valence-corrected chi connectivity index (χ3v) is 5.10. The number of nitrogens with zero attached hydrogens (tertiary/aromatic N) is 2. The molecule has 2 aromatic rings. The summed E-state index contributed by atoms with van der Waals surface area (Å²) in [6.45, 7) is 6.04. The standard InChI is InChI=1S/C18H25N3OS/c1-14-20-13-18(23-14)12-19-11-15-3-5-16(6-4-15)22-17-7-9-21(2)10-8-17/h3-6,13,17,19H,7-12H2,1-2H3. The van der Waals surface area contributed by atoms with Crippen LogP contribution in [0.25, 0.3) is 0 Å². The highest BCUT2D eigenvalue weighted by Crippen LogP contribution is 2.19. The lowest BCUT2D eigenvalue weighted by molar-refractivity contribution is 0.114. The molecule has 1 N–H and O–H groups in total. The molecule has 1 saturated heterocycles. The molecular formula is C18H25N3OS. The number of aromatic nitrogens is 1. The molecule has 124 valence electrons. The van der Waals surface area contributed by atoms with E-state index in [0.717, 1.165) is 49.8 Å². The van der Waals surface area contributed by atoms with Crippen LogP contribution in [0.3, 0.4) is 0 Å². The van der Waals surface area contributed by atoms with Crippen LogP contribution < -0.4 is 10.1 Å². The van der Waals surface area contributed by atoms with Gasteiger partial charge in [-0.1, -0.05) is 12.1 Å². The molecule has 0 radical (unpaired) electrons. The van der Waals surface area contributed by atoms with E-state index in [2.05, 4.69) is 46.5 Å². The van der Waals surface area contributed by atoms with Gasteiger partial charge >= 0.3 is 0 Å². The zero-order valence-electron chi connectivity index (χ0n) is 13.9. The van der Waals surface area contributed by atoms with Gasteiger partial charge < -0.3 is 15.0 Å². The first-order chi connectivity index (χ1) is 11.2. The molecule has 1 aliphatic rings. The number of benzene rings is 1. The van der Waals surface area contributed by atoms with Crippen molar-refractivity contribution in [1.29, 1.82) is 0 Å². The third kappa shape index (κ3) is 5.03. The van der Waals surface area contributed by atoms with Crippen molar-refractivity contribution in [3.63, 3.8) is 0 Å². The molecule has 2 heterocycles. The van der Waals surface area contributed by atoms with Crippen molar-refractivity contribution < 1.29 is 4.74 Å². The van der Waals surface area contributed by atoms with Gasteiger partial charge in [-0.2, -0.15) is 0 Å². The normalized spacial score (nSPS) is 16.6. The number of ether oxygens (including phenoxy) is 1. The molecule has 0 atom stereocenters. The van der Waals surface area contributed by atoms with Crippen LogP contribution in [-0.4, -0.2) is 36.1 Å². The summed E-state index contributed by atoms with van der Waals surface area (Å²) >= 11 is 1.75. The minimum Gasteiger partial charge on any atom is -0.490 e.